The molecule has 2 heterocycles. The Labute approximate surface area is 118 Å². The van der Waals surface area contributed by atoms with Crippen molar-refractivity contribution in [3.63, 3.8) is 0 Å². The van der Waals surface area contributed by atoms with Crippen molar-refractivity contribution >= 4 is 11.0 Å². The Balaban J connectivity index is 1.50. The summed E-state index contributed by atoms with van der Waals surface area (Å²) in [5.74, 6) is 0.878. The van der Waals surface area contributed by atoms with Gasteiger partial charge < -0.3 is 10.3 Å². The van der Waals surface area contributed by atoms with Crippen LogP contribution in [-0.2, 0) is 13.5 Å². The molecule has 1 spiro atoms. The zero-order chi connectivity index (χ0) is 13.7. The Morgan fingerprint density at radius 2 is 2.15 bits per heavy atom. The molecule has 1 saturated heterocycles. The van der Waals surface area contributed by atoms with Gasteiger partial charge in [-0.2, -0.15) is 0 Å². The summed E-state index contributed by atoms with van der Waals surface area (Å²) in [5, 5.41) is 3.39. The van der Waals surface area contributed by atoms with Crippen molar-refractivity contribution in [2.45, 2.75) is 25.7 Å². The summed E-state index contributed by atoms with van der Waals surface area (Å²) in [5.41, 5.74) is 3.99. The van der Waals surface area contributed by atoms with E-state index in [0.717, 1.165) is 23.4 Å². The Morgan fingerprint density at radius 3 is 2.85 bits per heavy atom. The summed E-state index contributed by atoms with van der Waals surface area (Å²) in [4.78, 5) is 14.6. The number of hydrogen-bond acceptors (Lipinski definition) is 2. The van der Waals surface area contributed by atoms with Crippen molar-refractivity contribution < 1.29 is 0 Å². The third-order valence-corrected chi connectivity index (χ3v) is 5.27. The number of para-hydroxylation sites is 1. The highest BCUT2D eigenvalue weighted by molar-refractivity contribution is 5.78. The van der Waals surface area contributed by atoms with E-state index in [2.05, 4.69) is 16.4 Å². The van der Waals surface area contributed by atoms with Crippen LogP contribution in [-0.4, -0.2) is 22.6 Å². The molecule has 2 N–H and O–H groups in total. The van der Waals surface area contributed by atoms with Crippen LogP contribution in [0.5, 0.6) is 0 Å². The number of aromatic amines is 1. The summed E-state index contributed by atoms with van der Waals surface area (Å²) < 4.78 is 1.74. The first-order valence-corrected chi connectivity index (χ1v) is 7.54. The number of aryl methyl sites for hydroxylation is 2. The summed E-state index contributed by atoms with van der Waals surface area (Å²) >= 11 is 0. The van der Waals surface area contributed by atoms with Gasteiger partial charge in [0.1, 0.15) is 0 Å². The van der Waals surface area contributed by atoms with Gasteiger partial charge in [0.15, 0.2) is 0 Å². The highest BCUT2D eigenvalue weighted by Gasteiger charge is 2.47. The normalized spacial score (nSPS) is 21.1. The van der Waals surface area contributed by atoms with Gasteiger partial charge in [-0.1, -0.05) is 12.1 Å². The molecule has 1 saturated carbocycles. The molecule has 0 atom stereocenters. The Kier molecular flexibility index (Phi) is 2.58. The molecule has 20 heavy (non-hydrogen) atoms. The van der Waals surface area contributed by atoms with E-state index in [1.54, 1.807) is 4.57 Å². The minimum absolute atomic E-state index is 0.0180. The number of benzene rings is 1. The molecule has 2 fully saturated rings. The first-order chi connectivity index (χ1) is 9.67. The van der Waals surface area contributed by atoms with Crippen molar-refractivity contribution in [1.29, 1.82) is 0 Å². The fraction of sp³-hybridized carbons (Fsp3) is 0.562. The van der Waals surface area contributed by atoms with Gasteiger partial charge >= 0.3 is 5.69 Å². The van der Waals surface area contributed by atoms with E-state index < -0.39 is 0 Å². The van der Waals surface area contributed by atoms with Crippen molar-refractivity contribution in [3.8, 4) is 0 Å². The van der Waals surface area contributed by atoms with E-state index in [0.29, 0.717) is 5.41 Å². The smallest absolute Gasteiger partial charge is 0.316 e. The SMILES string of the molecule is Cn1c(=O)[nH]c2cccc(CCC3CC4(CNC4)C3)c21. The zero-order valence-corrected chi connectivity index (χ0v) is 11.9. The number of aromatic nitrogens is 2. The predicted molar refractivity (Wildman–Crippen MR) is 79.9 cm³/mol. The van der Waals surface area contributed by atoms with E-state index in [1.807, 2.05) is 19.2 Å². The predicted octanol–water partition coefficient (Wildman–Crippen LogP) is 1.80. The molecule has 1 aliphatic carbocycles. The van der Waals surface area contributed by atoms with Crippen LogP contribution in [0.25, 0.3) is 11.0 Å². The zero-order valence-electron chi connectivity index (χ0n) is 11.9. The van der Waals surface area contributed by atoms with Crippen molar-refractivity contribution in [1.82, 2.24) is 14.9 Å². The average Bonchev–Trinajstić information content (AvgIpc) is 2.62. The van der Waals surface area contributed by atoms with Gasteiger partial charge in [-0.05, 0) is 48.6 Å². The van der Waals surface area contributed by atoms with E-state index >= 15 is 0 Å². The number of hydrogen-bond donors (Lipinski definition) is 2. The van der Waals surface area contributed by atoms with Crippen LogP contribution in [0.3, 0.4) is 0 Å². The van der Waals surface area contributed by atoms with Crippen LogP contribution in [0.15, 0.2) is 23.0 Å². The molecule has 1 aliphatic heterocycles. The second kappa shape index (κ2) is 4.22. The summed E-state index contributed by atoms with van der Waals surface area (Å²) in [6.07, 6.45) is 5.11. The van der Waals surface area contributed by atoms with Crippen molar-refractivity contribution in [3.05, 3.63) is 34.2 Å². The van der Waals surface area contributed by atoms with Crippen LogP contribution < -0.4 is 11.0 Å². The standard InChI is InChI=1S/C16H21N3O/c1-19-14-12(3-2-4-13(14)18-15(19)20)6-5-11-7-16(8-11)9-17-10-16/h2-4,11,17H,5-10H2,1H3,(H,18,20). The van der Waals surface area contributed by atoms with Crippen LogP contribution in [0, 0.1) is 11.3 Å². The third kappa shape index (κ3) is 1.74. The van der Waals surface area contributed by atoms with E-state index in [1.165, 1.54) is 37.9 Å². The quantitative estimate of drug-likeness (QED) is 0.894. The van der Waals surface area contributed by atoms with E-state index in [-0.39, 0.29) is 5.69 Å². The van der Waals surface area contributed by atoms with Crippen LogP contribution in [0.1, 0.15) is 24.8 Å². The Hall–Kier alpha value is -1.55. The van der Waals surface area contributed by atoms with Gasteiger partial charge in [0.25, 0.3) is 0 Å². The van der Waals surface area contributed by atoms with Gasteiger partial charge in [0, 0.05) is 20.1 Å². The van der Waals surface area contributed by atoms with Gasteiger partial charge in [-0.25, -0.2) is 4.79 Å². The van der Waals surface area contributed by atoms with Crippen LogP contribution >= 0.6 is 0 Å². The monoisotopic (exact) mass is 271 g/mol. The maximum absolute atomic E-state index is 11.7. The first kappa shape index (κ1) is 12.2. The molecule has 0 amide bonds. The third-order valence-electron chi connectivity index (χ3n) is 5.27. The lowest BCUT2D eigenvalue weighted by molar-refractivity contribution is -0.00299. The molecule has 0 unspecified atom stereocenters. The number of H-pyrrole nitrogens is 1. The second-order valence-corrected chi connectivity index (χ2v) is 6.72. The lowest BCUT2D eigenvalue weighted by Crippen LogP contribution is -2.60. The van der Waals surface area contributed by atoms with Crippen LogP contribution in [0.4, 0.5) is 0 Å². The topological polar surface area (TPSA) is 49.8 Å². The fourth-order valence-electron chi connectivity index (χ4n) is 4.09. The molecule has 2 aromatic rings. The second-order valence-electron chi connectivity index (χ2n) is 6.72. The number of rotatable bonds is 3. The molecule has 0 bridgehead atoms. The summed E-state index contributed by atoms with van der Waals surface area (Å²) in [6.45, 7) is 2.46. The maximum atomic E-state index is 11.7. The number of fused-ring (bicyclic) bond motifs is 1. The highest BCUT2D eigenvalue weighted by atomic mass is 16.1. The highest BCUT2D eigenvalue weighted by Crippen LogP contribution is 2.50. The van der Waals surface area contributed by atoms with Gasteiger partial charge in [-0.3, -0.25) is 4.57 Å². The summed E-state index contributed by atoms with van der Waals surface area (Å²) in [7, 11) is 1.85. The van der Waals surface area contributed by atoms with Crippen LogP contribution in [0.2, 0.25) is 0 Å². The summed E-state index contributed by atoms with van der Waals surface area (Å²) in [6, 6.07) is 6.19. The number of nitrogens with one attached hydrogen (secondary N) is 2. The van der Waals surface area contributed by atoms with E-state index in [9.17, 15) is 4.79 Å². The Bertz CT molecular complexity index is 700. The first-order valence-electron chi connectivity index (χ1n) is 7.54. The van der Waals surface area contributed by atoms with Crippen molar-refractivity contribution in [2.24, 2.45) is 18.4 Å². The van der Waals surface area contributed by atoms with Gasteiger partial charge in [0.2, 0.25) is 0 Å². The molecule has 2 aliphatic rings. The largest absolute Gasteiger partial charge is 0.326 e. The molecule has 106 valence electrons. The minimum atomic E-state index is -0.0180. The fourth-order valence-corrected chi connectivity index (χ4v) is 4.09. The molecule has 1 aromatic carbocycles. The average molecular weight is 271 g/mol. The number of imidazole rings is 1. The minimum Gasteiger partial charge on any atom is -0.316 e. The number of nitrogens with zero attached hydrogens (tertiary/aromatic N) is 1. The molecular weight excluding hydrogens is 250 g/mol. The lowest BCUT2D eigenvalue weighted by atomic mass is 9.57. The molecule has 4 rings (SSSR count). The molecule has 4 heteroatoms. The lowest BCUT2D eigenvalue weighted by Gasteiger charge is -2.54. The molecular formula is C16H21N3O. The molecule has 0 radical (unpaired) electrons. The van der Waals surface area contributed by atoms with Gasteiger partial charge in [0.05, 0.1) is 11.0 Å². The molecule has 1 aromatic heterocycles. The van der Waals surface area contributed by atoms with Gasteiger partial charge in [-0.15, -0.1) is 0 Å². The maximum Gasteiger partial charge on any atom is 0.326 e. The Morgan fingerprint density at radius 1 is 1.35 bits per heavy atom. The van der Waals surface area contributed by atoms with E-state index in [4.69, 9.17) is 0 Å². The van der Waals surface area contributed by atoms with Crippen molar-refractivity contribution in [2.75, 3.05) is 13.1 Å². The molecule has 4 nitrogen and oxygen atoms in total.